The topological polar surface area (TPSA) is 365 Å². The molecule has 8 aromatic carbocycles. The lowest BCUT2D eigenvalue weighted by molar-refractivity contribution is -0.130. The third kappa shape index (κ3) is 23.5. The molecule has 33 nitrogen and oxygen atoms in total. The molecule has 0 saturated heterocycles. The maximum atomic E-state index is 11.9. The Bertz CT molecular complexity index is 7180. The number of pyridine rings is 1. The summed E-state index contributed by atoms with van der Waals surface area (Å²) in [6, 6.07) is 68.0. The number of anilines is 6. The van der Waals surface area contributed by atoms with Crippen molar-refractivity contribution in [1.29, 1.82) is 0 Å². The van der Waals surface area contributed by atoms with Crippen LogP contribution in [-0.2, 0) is 156 Å². The van der Waals surface area contributed by atoms with Crippen LogP contribution in [0.3, 0.4) is 0 Å². The van der Waals surface area contributed by atoms with Gasteiger partial charge in [0, 0.05) is 296 Å². The number of amides is 8. The van der Waals surface area contributed by atoms with Crippen LogP contribution in [0.2, 0.25) is 0 Å². The minimum Gasteiger partial charge on any atom is -0.392 e. The van der Waals surface area contributed by atoms with Crippen LogP contribution in [0.1, 0.15) is 169 Å². The zero-order chi connectivity index (χ0) is 103. The first-order valence-electron chi connectivity index (χ1n) is 49.9. The number of carbonyl (C=O) groups excluding carboxylic acids is 8. The molecular weight excluding hydrogens is 1850 g/mol. The predicted molar refractivity (Wildman–Crippen MR) is 567 cm³/mol. The van der Waals surface area contributed by atoms with Gasteiger partial charge in [0.1, 0.15) is 5.69 Å². The summed E-state index contributed by atoms with van der Waals surface area (Å²) in [5.41, 5.74) is 33.6. The maximum absolute atomic E-state index is 11.9. The molecule has 0 aliphatic carbocycles. The maximum Gasteiger partial charge on any atom is 0.269 e. The highest BCUT2D eigenvalue weighted by Gasteiger charge is 2.32. The molecule has 21 rings (SSSR count). The van der Waals surface area contributed by atoms with Crippen LogP contribution >= 0.6 is 0 Å². The van der Waals surface area contributed by atoms with Gasteiger partial charge in [-0.05, 0) is 153 Å². The number of nitrogens with zero attached hydrogens (tertiary/aromatic N) is 18. The first-order chi connectivity index (χ1) is 71.0. The molecule has 0 spiro atoms. The molecule has 6 aliphatic heterocycles. The summed E-state index contributed by atoms with van der Waals surface area (Å²) in [5.74, 6) is 2.55. The molecule has 0 atom stereocenters. The molecule has 15 aromatic rings. The molecule has 147 heavy (non-hydrogen) atoms. The molecule has 0 unspecified atom stereocenters. The summed E-state index contributed by atoms with van der Waals surface area (Å²) in [6.45, 7) is 15.9. The van der Waals surface area contributed by atoms with Crippen molar-refractivity contribution >= 4 is 81.8 Å². The minimum atomic E-state index is -0.195. The monoisotopic (exact) mass is 1980 g/mol. The second-order valence-corrected chi connectivity index (χ2v) is 37.9. The molecule has 0 radical (unpaired) electrons. The van der Waals surface area contributed by atoms with Gasteiger partial charge in [-0.1, -0.05) is 133 Å². The number of aliphatic hydroxyl groups excluding tert-OH is 1. The van der Waals surface area contributed by atoms with Crippen molar-refractivity contribution in [3.63, 3.8) is 0 Å². The zero-order valence-electron chi connectivity index (χ0n) is 85.6. The van der Waals surface area contributed by atoms with E-state index in [0.29, 0.717) is 49.5 Å². The smallest absolute Gasteiger partial charge is 0.269 e. The third-order valence-corrected chi connectivity index (χ3v) is 28.4. The molecular formula is C114H126N24O9. The normalized spacial score (nSPS) is 13.6. The molecule has 0 fully saturated rings. The van der Waals surface area contributed by atoms with Gasteiger partial charge in [0.05, 0.1) is 43.8 Å². The van der Waals surface area contributed by atoms with E-state index in [0.717, 1.165) is 215 Å². The Morgan fingerprint density at radius 2 is 0.660 bits per heavy atom. The second kappa shape index (κ2) is 45.5. The van der Waals surface area contributed by atoms with E-state index < -0.39 is 0 Å². The number of hydrogen-bond donors (Lipinski definition) is 7. The van der Waals surface area contributed by atoms with Gasteiger partial charge in [0.15, 0.2) is 17.5 Å². The Kier molecular flexibility index (Phi) is 31.5. The Balaban J connectivity index is 0.000000126. The standard InChI is InChI=1S/C24H26N4O2.2C23H25N5O2.C22H26N6O.C22H24N4O2/c1-16(29)28-13-12-23-21(15-28)22(26-27(23)3)14-17-4-6-18(7-5-17)19-8-10-20(11-9-19)24(30)25-2;1-15(29)28-11-10-22-19(14-28)21(26-27(22)3)12-16-4-6-17(7-5-16)18-8-9-20(25-13-18)23(30)24-2;1-15(29)28-12-11-21-20(14-28)22(26-27(21)3)25-19-9-7-16(8-10-19)17-5-4-6-18(13-17)23(30)24-2;1-15(29)27-12-10-20-19(14-27)22(25-26(20)2)24-17-8-6-16(7-9-17)18-13-23-28-11-4-3-5-21(18)28;1-15(28)26-11-10-21-20(13-26)22(24-25(21)2)23-19-8-6-17(7-9-19)18-5-3-4-16(12-18)14-27/h4-11H,12-15H2,1-3H3,(H,25,30);4-9,13H,10-12,14H2,1-3H3,(H,24,30);4-10,13H,11-12,14H2,1-3H3,(H,24,30)(H,25,26);6-9,13H,3-5,10-12,14H2,1-2H3,(H,24,25);3-9,12,27H,10-11,13-14H2,1-2H3,(H,23,24). The number of fused-ring (bicyclic) bond motifs is 6. The fraction of sp³-hybridized carbons (Fsp3) is 0.307. The van der Waals surface area contributed by atoms with Crippen molar-refractivity contribution in [2.45, 2.75) is 145 Å². The molecule has 6 aliphatic rings. The predicted octanol–water partition coefficient (Wildman–Crippen LogP) is 14.9. The van der Waals surface area contributed by atoms with Gasteiger partial charge in [-0.3, -0.25) is 71.4 Å². The van der Waals surface area contributed by atoms with Crippen molar-refractivity contribution < 1.29 is 43.5 Å². The summed E-state index contributed by atoms with van der Waals surface area (Å²) in [6.07, 6.45) is 12.9. The SMILES string of the molecule is CC(=O)N1CCc2c(c(Nc3ccc(-c4cccc(CO)c4)cc3)nn2C)C1.CC(=O)N1CCc2c(c(Nc3ccc(-c4cnn5c4CCCC5)cc3)nn2C)C1.CNC(=O)c1ccc(-c2ccc(Cc3nn(C)c4c3CN(C(C)=O)CC4)cc2)cc1.CNC(=O)c1ccc(-c2ccc(Cc3nn(C)c4c3CN(C(C)=O)CC4)cc2)cn1.CNC(=O)c1cccc(-c2ccc(Nc3nn(C)c4c3CN(C(C)=O)CC4)cc2)c1. The van der Waals surface area contributed by atoms with E-state index >= 15 is 0 Å². The summed E-state index contributed by atoms with van der Waals surface area (Å²) < 4.78 is 11.8. The van der Waals surface area contributed by atoms with E-state index in [1.165, 1.54) is 69.1 Å². The Hall–Kier alpha value is -16.7. The van der Waals surface area contributed by atoms with Crippen LogP contribution < -0.4 is 31.9 Å². The summed E-state index contributed by atoms with van der Waals surface area (Å²) in [4.78, 5) is 108. The lowest BCUT2D eigenvalue weighted by atomic mass is 9.98. The number of hydrogen-bond acceptors (Lipinski definition) is 19. The lowest BCUT2D eigenvalue weighted by Gasteiger charge is -2.26. The quantitative estimate of drug-likeness (QED) is 0.0395. The second-order valence-electron chi connectivity index (χ2n) is 37.9. The van der Waals surface area contributed by atoms with E-state index in [1.54, 1.807) is 74.1 Å². The van der Waals surface area contributed by atoms with E-state index in [1.807, 2.05) is 199 Å². The third-order valence-electron chi connectivity index (χ3n) is 28.4. The highest BCUT2D eigenvalue weighted by atomic mass is 16.3. The van der Waals surface area contributed by atoms with Gasteiger partial charge in [0.25, 0.3) is 17.7 Å². The fourth-order valence-corrected chi connectivity index (χ4v) is 20.0. The average molecular weight is 1980 g/mol. The Labute approximate surface area is 855 Å². The molecule has 33 heteroatoms. The van der Waals surface area contributed by atoms with Crippen molar-refractivity contribution in [2.75, 3.05) is 69.8 Å². The van der Waals surface area contributed by atoms with Crippen molar-refractivity contribution in [3.05, 3.63) is 326 Å². The van der Waals surface area contributed by atoms with E-state index in [2.05, 4.69) is 147 Å². The lowest BCUT2D eigenvalue weighted by Crippen LogP contribution is -2.34. The highest BCUT2D eigenvalue weighted by molar-refractivity contribution is 5.96. The van der Waals surface area contributed by atoms with E-state index in [9.17, 15) is 43.5 Å². The van der Waals surface area contributed by atoms with Crippen molar-refractivity contribution in [1.82, 2.24) is 104 Å². The summed E-state index contributed by atoms with van der Waals surface area (Å²) in [5, 5.41) is 55.4. The number of aryl methyl sites for hydroxylation is 6. The Morgan fingerprint density at radius 1 is 0.313 bits per heavy atom. The van der Waals surface area contributed by atoms with Gasteiger partial charge in [-0.15, -0.1) is 0 Å². The van der Waals surface area contributed by atoms with Crippen molar-refractivity contribution in [2.24, 2.45) is 35.2 Å². The van der Waals surface area contributed by atoms with Crippen LogP contribution in [0.4, 0.5) is 34.5 Å². The van der Waals surface area contributed by atoms with Gasteiger partial charge < -0.3 is 61.5 Å². The average Bonchev–Trinajstić information content (AvgIpc) is 1.66. The van der Waals surface area contributed by atoms with E-state index in [-0.39, 0.29) is 53.9 Å². The highest BCUT2D eigenvalue weighted by Crippen LogP contribution is 2.38. The minimum absolute atomic E-state index is 0.0372. The van der Waals surface area contributed by atoms with Crippen LogP contribution in [-0.4, -0.2) is 194 Å². The summed E-state index contributed by atoms with van der Waals surface area (Å²) >= 11 is 0. The Morgan fingerprint density at radius 3 is 1.05 bits per heavy atom. The van der Waals surface area contributed by atoms with Crippen LogP contribution in [0.5, 0.6) is 0 Å². The fourth-order valence-electron chi connectivity index (χ4n) is 20.0. The molecule has 0 saturated carbocycles. The number of benzene rings is 8. The molecule has 7 aromatic heterocycles. The number of aromatic nitrogens is 13. The number of rotatable bonds is 19. The molecule has 8 amide bonds. The first-order valence-corrected chi connectivity index (χ1v) is 49.9. The van der Waals surface area contributed by atoms with Crippen LogP contribution in [0.25, 0.3) is 55.6 Å². The molecule has 13 heterocycles. The number of nitrogens with one attached hydrogen (secondary N) is 6. The molecule has 756 valence electrons. The van der Waals surface area contributed by atoms with Crippen LogP contribution in [0.15, 0.2) is 219 Å². The first kappa shape index (κ1) is 102. The molecule has 7 N–H and O–H groups in total. The van der Waals surface area contributed by atoms with Gasteiger partial charge in [-0.25, -0.2) is 0 Å². The van der Waals surface area contributed by atoms with Gasteiger partial charge in [-0.2, -0.15) is 30.6 Å². The molecule has 0 bridgehead atoms. The summed E-state index contributed by atoms with van der Waals surface area (Å²) in [7, 11) is 14.7. The number of aliphatic hydroxyl groups is 1. The number of carbonyl (C=O) groups is 8. The van der Waals surface area contributed by atoms with Crippen LogP contribution in [0, 0.1) is 0 Å². The van der Waals surface area contributed by atoms with E-state index in [4.69, 9.17) is 10.2 Å². The largest absolute Gasteiger partial charge is 0.392 e. The van der Waals surface area contributed by atoms with Gasteiger partial charge >= 0.3 is 0 Å². The van der Waals surface area contributed by atoms with Gasteiger partial charge in [0.2, 0.25) is 29.5 Å². The van der Waals surface area contributed by atoms with Crippen molar-refractivity contribution in [3.8, 4) is 55.6 Å². The zero-order valence-corrected chi connectivity index (χ0v) is 85.6.